The summed E-state index contributed by atoms with van der Waals surface area (Å²) >= 11 is 0. The molecular weight excluding hydrogens is 211 g/mol. The van der Waals surface area contributed by atoms with Crippen LogP contribution in [0.5, 0.6) is 0 Å². The molecular formula is C16H31F. The molecule has 17 heavy (non-hydrogen) atoms. The molecule has 0 aromatic carbocycles. The van der Waals surface area contributed by atoms with Crippen molar-refractivity contribution in [2.45, 2.75) is 60.3 Å². The SMILES string of the molecule is C=C(CC(CC)CF)C(CCC(C)C)C(C)C. The fourth-order valence-corrected chi connectivity index (χ4v) is 2.35. The fraction of sp³-hybridized carbons (Fsp3) is 0.875. The Bertz CT molecular complexity index is 202. The van der Waals surface area contributed by atoms with Gasteiger partial charge in [0.1, 0.15) is 0 Å². The number of alkyl halides is 1. The Kier molecular flexibility index (Phi) is 8.55. The first-order valence-corrected chi connectivity index (χ1v) is 7.15. The van der Waals surface area contributed by atoms with Crippen molar-refractivity contribution in [3.05, 3.63) is 12.2 Å². The third-order valence-corrected chi connectivity index (χ3v) is 3.73. The topological polar surface area (TPSA) is 0 Å². The third kappa shape index (κ3) is 6.85. The summed E-state index contributed by atoms with van der Waals surface area (Å²) in [5.41, 5.74) is 1.27. The lowest BCUT2D eigenvalue weighted by Crippen LogP contribution is -2.15. The highest BCUT2D eigenvalue weighted by Crippen LogP contribution is 2.31. The highest BCUT2D eigenvalue weighted by atomic mass is 19.1. The van der Waals surface area contributed by atoms with Gasteiger partial charge in [-0.3, -0.25) is 4.39 Å². The van der Waals surface area contributed by atoms with Crippen LogP contribution in [0.25, 0.3) is 0 Å². The number of hydrogen-bond donors (Lipinski definition) is 0. The van der Waals surface area contributed by atoms with Gasteiger partial charge < -0.3 is 0 Å². The van der Waals surface area contributed by atoms with Crippen LogP contribution in [0.2, 0.25) is 0 Å². The van der Waals surface area contributed by atoms with Crippen LogP contribution < -0.4 is 0 Å². The minimum absolute atomic E-state index is 0.183. The Balaban J connectivity index is 4.33. The van der Waals surface area contributed by atoms with Gasteiger partial charge in [-0.15, -0.1) is 0 Å². The second kappa shape index (κ2) is 8.72. The lowest BCUT2D eigenvalue weighted by Gasteiger charge is -2.26. The van der Waals surface area contributed by atoms with Gasteiger partial charge in [0, 0.05) is 0 Å². The van der Waals surface area contributed by atoms with E-state index in [1.54, 1.807) is 0 Å². The summed E-state index contributed by atoms with van der Waals surface area (Å²) < 4.78 is 12.8. The zero-order chi connectivity index (χ0) is 13.4. The van der Waals surface area contributed by atoms with Gasteiger partial charge in [-0.1, -0.05) is 59.6 Å². The van der Waals surface area contributed by atoms with Crippen LogP contribution in [-0.2, 0) is 0 Å². The van der Waals surface area contributed by atoms with Crippen LogP contribution >= 0.6 is 0 Å². The first kappa shape index (κ1) is 16.7. The molecule has 0 radical (unpaired) electrons. The molecule has 0 bridgehead atoms. The monoisotopic (exact) mass is 242 g/mol. The van der Waals surface area contributed by atoms with E-state index < -0.39 is 0 Å². The van der Waals surface area contributed by atoms with E-state index in [-0.39, 0.29) is 12.6 Å². The number of hydrogen-bond acceptors (Lipinski definition) is 0. The first-order chi connectivity index (χ1) is 7.92. The molecule has 0 aliphatic heterocycles. The summed E-state index contributed by atoms with van der Waals surface area (Å²) in [4.78, 5) is 0. The van der Waals surface area contributed by atoms with Crippen molar-refractivity contribution >= 4 is 0 Å². The van der Waals surface area contributed by atoms with Crippen molar-refractivity contribution in [1.82, 2.24) is 0 Å². The summed E-state index contributed by atoms with van der Waals surface area (Å²) in [6.07, 6.45) is 4.24. The minimum atomic E-state index is -0.204. The van der Waals surface area contributed by atoms with Crippen LogP contribution in [-0.4, -0.2) is 6.67 Å². The molecule has 0 rings (SSSR count). The average molecular weight is 242 g/mol. The maximum absolute atomic E-state index is 12.8. The summed E-state index contributed by atoms with van der Waals surface area (Å²) in [6, 6.07) is 0. The lowest BCUT2D eigenvalue weighted by molar-refractivity contribution is 0.317. The summed E-state index contributed by atoms with van der Waals surface area (Å²) in [6.45, 7) is 15.1. The molecule has 0 fully saturated rings. The molecule has 0 saturated carbocycles. The molecule has 0 aromatic rings. The van der Waals surface area contributed by atoms with Crippen LogP contribution in [0.15, 0.2) is 12.2 Å². The quantitative estimate of drug-likeness (QED) is 0.459. The van der Waals surface area contributed by atoms with E-state index >= 15 is 0 Å². The predicted octanol–water partition coefficient (Wildman–Crippen LogP) is 5.64. The standard InChI is InChI=1S/C16H31F/c1-7-15(11-17)10-14(6)16(13(4)5)9-8-12(2)3/h12-13,15-16H,6-11H2,1-5H3. The Morgan fingerprint density at radius 3 is 2.06 bits per heavy atom. The van der Waals surface area contributed by atoms with Gasteiger partial charge in [0.15, 0.2) is 0 Å². The molecule has 0 aliphatic carbocycles. The molecule has 0 amide bonds. The van der Waals surface area contributed by atoms with Gasteiger partial charge in [-0.25, -0.2) is 0 Å². The van der Waals surface area contributed by atoms with E-state index in [2.05, 4.69) is 41.2 Å². The average Bonchev–Trinajstić information content (AvgIpc) is 2.25. The molecule has 0 aliphatic rings. The predicted molar refractivity (Wildman–Crippen MR) is 75.9 cm³/mol. The van der Waals surface area contributed by atoms with E-state index in [0.29, 0.717) is 11.8 Å². The van der Waals surface area contributed by atoms with Gasteiger partial charge in [-0.05, 0) is 36.5 Å². The van der Waals surface area contributed by atoms with Gasteiger partial charge in [0.2, 0.25) is 0 Å². The summed E-state index contributed by atoms with van der Waals surface area (Å²) in [7, 11) is 0. The van der Waals surface area contributed by atoms with Crippen molar-refractivity contribution in [2.75, 3.05) is 6.67 Å². The van der Waals surface area contributed by atoms with E-state index in [4.69, 9.17) is 0 Å². The van der Waals surface area contributed by atoms with Crippen molar-refractivity contribution in [3.8, 4) is 0 Å². The van der Waals surface area contributed by atoms with Crippen molar-refractivity contribution in [1.29, 1.82) is 0 Å². The molecule has 0 nitrogen and oxygen atoms in total. The Labute approximate surface area is 108 Å². The largest absolute Gasteiger partial charge is 0.251 e. The second-order valence-corrected chi connectivity index (χ2v) is 6.11. The molecule has 1 heteroatoms. The molecule has 0 spiro atoms. The van der Waals surface area contributed by atoms with E-state index in [1.165, 1.54) is 18.4 Å². The Morgan fingerprint density at radius 2 is 1.71 bits per heavy atom. The minimum Gasteiger partial charge on any atom is -0.251 e. The number of halogens is 1. The highest BCUT2D eigenvalue weighted by Gasteiger charge is 2.19. The van der Waals surface area contributed by atoms with Crippen LogP contribution in [0.4, 0.5) is 4.39 Å². The van der Waals surface area contributed by atoms with Crippen LogP contribution in [0.3, 0.4) is 0 Å². The molecule has 0 heterocycles. The van der Waals surface area contributed by atoms with Crippen molar-refractivity contribution < 1.29 is 4.39 Å². The van der Waals surface area contributed by atoms with E-state index in [1.807, 2.05) is 0 Å². The van der Waals surface area contributed by atoms with Crippen LogP contribution in [0.1, 0.15) is 60.3 Å². The van der Waals surface area contributed by atoms with Crippen molar-refractivity contribution in [2.24, 2.45) is 23.7 Å². The maximum atomic E-state index is 12.8. The molecule has 2 unspecified atom stereocenters. The van der Waals surface area contributed by atoms with Gasteiger partial charge in [0.25, 0.3) is 0 Å². The van der Waals surface area contributed by atoms with E-state index in [0.717, 1.165) is 18.8 Å². The maximum Gasteiger partial charge on any atom is 0.0925 e. The molecule has 102 valence electrons. The smallest absolute Gasteiger partial charge is 0.0925 e. The number of allylic oxidation sites excluding steroid dienone is 1. The molecule has 2 atom stereocenters. The normalized spacial score (nSPS) is 15.3. The zero-order valence-corrected chi connectivity index (χ0v) is 12.4. The van der Waals surface area contributed by atoms with E-state index in [9.17, 15) is 4.39 Å². The lowest BCUT2D eigenvalue weighted by atomic mass is 9.80. The third-order valence-electron chi connectivity index (χ3n) is 3.73. The van der Waals surface area contributed by atoms with Crippen molar-refractivity contribution in [3.63, 3.8) is 0 Å². The molecule has 0 aromatic heterocycles. The van der Waals surface area contributed by atoms with Gasteiger partial charge in [0.05, 0.1) is 6.67 Å². The van der Waals surface area contributed by atoms with Crippen LogP contribution in [0, 0.1) is 23.7 Å². The summed E-state index contributed by atoms with van der Waals surface area (Å²) in [5.74, 6) is 2.12. The summed E-state index contributed by atoms with van der Waals surface area (Å²) in [5, 5.41) is 0. The zero-order valence-electron chi connectivity index (χ0n) is 12.4. The molecule has 0 N–H and O–H groups in total. The Hall–Kier alpha value is -0.330. The second-order valence-electron chi connectivity index (χ2n) is 6.11. The van der Waals surface area contributed by atoms with Gasteiger partial charge in [-0.2, -0.15) is 0 Å². The number of rotatable bonds is 9. The van der Waals surface area contributed by atoms with Gasteiger partial charge >= 0.3 is 0 Å². The highest BCUT2D eigenvalue weighted by molar-refractivity contribution is 5.03. The fourth-order valence-electron chi connectivity index (χ4n) is 2.35. The Morgan fingerprint density at radius 1 is 1.12 bits per heavy atom. The first-order valence-electron chi connectivity index (χ1n) is 7.15. The molecule has 0 saturated heterocycles.